The van der Waals surface area contributed by atoms with Gasteiger partial charge >= 0.3 is 6.09 Å². The summed E-state index contributed by atoms with van der Waals surface area (Å²) in [6.45, 7) is 6.67. The van der Waals surface area contributed by atoms with Crippen LogP contribution in [-0.4, -0.2) is 65.3 Å². The van der Waals surface area contributed by atoms with E-state index in [1.807, 2.05) is 0 Å². The molecule has 1 heterocycles. The average molecular weight is 352 g/mol. The van der Waals surface area contributed by atoms with Crippen LogP contribution >= 0.6 is 0 Å². The molecule has 0 saturated carbocycles. The first-order valence-electron chi connectivity index (χ1n) is 8.38. The summed E-state index contributed by atoms with van der Waals surface area (Å²) in [5.41, 5.74) is 0.136. The lowest BCUT2D eigenvalue weighted by Gasteiger charge is -2.35. The summed E-state index contributed by atoms with van der Waals surface area (Å²) in [4.78, 5) is 27.7. The summed E-state index contributed by atoms with van der Waals surface area (Å²) in [5, 5.41) is 8.99. The number of nitrogens with zero attached hydrogens (tertiary/aromatic N) is 2. The molecule has 0 atom stereocenters. The number of hydrogen-bond donors (Lipinski definition) is 1. The van der Waals surface area contributed by atoms with E-state index in [9.17, 15) is 14.0 Å². The van der Waals surface area contributed by atoms with Crippen molar-refractivity contribution in [2.75, 3.05) is 32.8 Å². The van der Waals surface area contributed by atoms with Crippen molar-refractivity contribution < 1.29 is 23.8 Å². The number of benzene rings is 1. The Morgan fingerprint density at radius 3 is 2.32 bits per heavy atom. The van der Waals surface area contributed by atoms with E-state index >= 15 is 0 Å². The Hall–Kier alpha value is -2.15. The zero-order valence-corrected chi connectivity index (χ0v) is 14.9. The number of hydrogen-bond acceptors (Lipinski definition) is 4. The van der Waals surface area contributed by atoms with Gasteiger partial charge in [-0.05, 0) is 44.9 Å². The molecule has 0 bridgehead atoms. The van der Waals surface area contributed by atoms with Crippen molar-refractivity contribution in [3.8, 4) is 0 Å². The fourth-order valence-electron chi connectivity index (χ4n) is 2.61. The maximum absolute atomic E-state index is 14.0. The first-order valence-corrected chi connectivity index (χ1v) is 8.38. The largest absolute Gasteiger partial charge is 0.444 e. The van der Waals surface area contributed by atoms with E-state index in [0.717, 1.165) is 0 Å². The van der Waals surface area contributed by atoms with Gasteiger partial charge < -0.3 is 19.6 Å². The third kappa shape index (κ3) is 5.16. The van der Waals surface area contributed by atoms with E-state index in [1.54, 1.807) is 31.7 Å². The minimum atomic E-state index is -0.582. The Morgan fingerprint density at radius 2 is 1.76 bits per heavy atom. The molecule has 0 radical (unpaired) electrons. The highest BCUT2D eigenvalue weighted by Crippen LogP contribution is 2.17. The molecule has 138 valence electrons. The first kappa shape index (κ1) is 19.2. The average Bonchev–Trinajstić information content (AvgIpc) is 2.55. The quantitative estimate of drug-likeness (QED) is 0.904. The van der Waals surface area contributed by atoms with Crippen molar-refractivity contribution >= 4 is 12.0 Å². The normalized spacial score (nSPS) is 15.2. The Morgan fingerprint density at radius 1 is 1.16 bits per heavy atom. The topological polar surface area (TPSA) is 70.1 Å². The standard InChI is InChI=1S/C18H25FN2O4/c1-18(2,3)25-17(24)21-9-7-20(8-10-21)16(23)14-12-13(6-11-22)4-5-15(14)19/h4-5,12,22H,6-11H2,1-3H3. The lowest BCUT2D eigenvalue weighted by molar-refractivity contribution is 0.0140. The van der Waals surface area contributed by atoms with Gasteiger partial charge in [-0.15, -0.1) is 0 Å². The molecular weight excluding hydrogens is 327 g/mol. The molecule has 1 aliphatic heterocycles. The van der Waals surface area contributed by atoms with Gasteiger partial charge in [-0.25, -0.2) is 9.18 Å². The summed E-state index contributed by atoms with van der Waals surface area (Å²) in [5.74, 6) is -0.984. The molecule has 25 heavy (non-hydrogen) atoms. The van der Waals surface area contributed by atoms with Crippen LogP contribution in [0.1, 0.15) is 36.7 Å². The van der Waals surface area contributed by atoms with Gasteiger partial charge in [-0.3, -0.25) is 4.79 Å². The van der Waals surface area contributed by atoms with Gasteiger partial charge in [-0.1, -0.05) is 6.07 Å². The minimum Gasteiger partial charge on any atom is -0.444 e. The van der Waals surface area contributed by atoms with Crippen molar-refractivity contribution in [1.29, 1.82) is 0 Å². The minimum absolute atomic E-state index is 0.00309. The van der Waals surface area contributed by atoms with Crippen molar-refractivity contribution in [2.24, 2.45) is 0 Å². The SMILES string of the molecule is CC(C)(C)OC(=O)N1CCN(C(=O)c2cc(CCO)ccc2F)CC1. The van der Waals surface area contributed by atoms with Crippen LogP contribution in [0.15, 0.2) is 18.2 Å². The molecule has 1 fully saturated rings. The molecule has 6 nitrogen and oxygen atoms in total. The van der Waals surface area contributed by atoms with Crippen LogP contribution in [0.4, 0.5) is 9.18 Å². The monoisotopic (exact) mass is 352 g/mol. The van der Waals surface area contributed by atoms with Crippen molar-refractivity contribution in [3.05, 3.63) is 35.1 Å². The van der Waals surface area contributed by atoms with Gasteiger partial charge in [0.25, 0.3) is 5.91 Å². The lowest BCUT2D eigenvalue weighted by atomic mass is 10.1. The molecule has 0 spiro atoms. The zero-order valence-electron chi connectivity index (χ0n) is 14.9. The third-order valence-corrected chi connectivity index (χ3v) is 3.88. The number of aliphatic hydroxyl groups is 1. The summed E-state index contributed by atoms with van der Waals surface area (Å²) in [7, 11) is 0. The van der Waals surface area contributed by atoms with Gasteiger partial charge in [0, 0.05) is 32.8 Å². The zero-order chi connectivity index (χ0) is 18.6. The second-order valence-electron chi connectivity index (χ2n) is 7.05. The summed E-state index contributed by atoms with van der Waals surface area (Å²) in [6.07, 6.45) is -0.0387. The molecule has 0 aliphatic carbocycles. The Labute approximate surface area is 147 Å². The predicted octanol–water partition coefficient (Wildman–Crippen LogP) is 2.05. The number of piperazine rings is 1. The summed E-state index contributed by atoms with van der Waals surface area (Å²) >= 11 is 0. The van der Waals surface area contributed by atoms with Gasteiger partial charge in [0.2, 0.25) is 0 Å². The number of carbonyl (C=O) groups is 2. The van der Waals surface area contributed by atoms with Gasteiger partial charge in [0.15, 0.2) is 0 Å². The molecule has 7 heteroatoms. The van der Waals surface area contributed by atoms with Crippen LogP contribution in [-0.2, 0) is 11.2 Å². The molecule has 1 aromatic rings. The number of carbonyl (C=O) groups excluding carboxylic acids is 2. The van der Waals surface area contributed by atoms with E-state index in [4.69, 9.17) is 9.84 Å². The van der Waals surface area contributed by atoms with Crippen LogP contribution in [0, 0.1) is 5.82 Å². The summed E-state index contributed by atoms with van der Waals surface area (Å²) < 4.78 is 19.3. The second kappa shape index (κ2) is 7.82. The van der Waals surface area contributed by atoms with Crippen molar-refractivity contribution in [3.63, 3.8) is 0 Å². The number of halogens is 1. The lowest BCUT2D eigenvalue weighted by Crippen LogP contribution is -2.51. The second-order valence-corrected chi connectivity index (χ2v) is 7.05. The molecular formula is C18H25FN2O4. The highest BCUT2D eigenvalue weighted by atomic mass is 19.1. The fraction of sp³-hybridized carbons (Fsp3) is 0.556. The van der Waals surface area contributed by atoms with Crippen LogP contribution < -0.4 is 0 Å². The van der Waals surface area contributed by atoms with E-state index < -0.39 is 23.4 Å². The van der Waals surface area contributed by atoms with Gasteiger partial charge in [-0.2, -0.15) is 0 Å². The molecule has 2 amide bonds. The Bertz CT molecular complexity index is 634. The fourth-order valence-corrected chi connectivity index (χ4v) is 2.61. The van der Waals surface area contributed by atoms with Crippen molar-refractivity contribution in [1.82, 2.24) is 9.80 Å². The maximum atomic E-state index is 14.0. The molecule has 0 aromatic heterocycles. The Balaban J connectivity index is 2.00. The molecule has 1 N–H and O–H groups in total. The highest BCUT2D eigenvalue weighted by molar-refractivity contribution is 5.94. The van der Waals surface area contributed by atoms with Crippen molar-refractivity contribution in [2.45, 2.75) is 32.8 Å². The van der Waals surface area contributed by atoms with Crippen LogP contribution in [0.5, 0.6) is 0 Å². The van der Waals surface area contributed by atoms with E-state index in [0.29, 0.717) is 38.2 Å². The molecule has 1 aliphatic rings. The Kier molecular flexibility index (Phi) is 6.00. The van der Waals surface area contributed by atoms with E-state index in [2.05, 4.69) is 0 Å². The number of rotatable bonds is 3. The number of aliphatic hydroxyl groups excluding tert-OH is 1. The first-order chi connectivity index (χ1) is 11.7. The van der Waals surface area contributed by atoms with Gasteiger partial charge in [0.05, 0.1) is 5.56 Å². The molecule has 2 rings (SSSR count). The van der Waals surface area contributed by atoms with Crippen LogP contribution in [0.2, 0.25) is 0 Å². The highest BCUT2D eigenvalue weighted by Gasteiger charge is 2.29. The molecule has 1 aromatic carbocycles. The third-order valence-electron chi connectivity index (χ3n) is 3.88. The van der Waals surface area contributed by atoms with Gasteiger partial charge in [0.1, 0.15) is 11.4 Å². The maximum Gasteiger partial charge on any atom is 0.410 e. The van der Waals surface area contributed by atoms with E-state index in [1.165, 1.54) is 17.0 Å². The molecule has 1 saturated heterocycles. The smallest absolute Gasteiger partial charge is 0.410 e. The predicted molar refractivity (Wildman–Crippen MR) is 90.9 cm³/mol. The number of ether oxygens (including phenoxy) is 1. The van der Waals surface area contributed by atoms with E-state index in [-0.39, 0.29) is 12.2 Å². The van der Waals surface area contributed by atoms with Crippen LogP contribution in [0.25, 0.3) is 0 Å². The number of amides is 2. The van der Waals surface area contributed by atoms with Crippen LogP contribution in [0.3, 0.4) is 0 Å². The summed E-state index contributed by atoms with van der Waals surface area (Å²) in [6, 6.07) is 4.28. The molecule has 0 unspecified atom stereocenters.